The van der Waals surface area contributed by atoms with Gasteiger partial charge in [-0.3, -0.25) is 33.9 Å². The van der Waals surface area contributed by atoms with Crippen molar-refractivity contribution in [3.05, 3.63) is 148 Å². The van der Waals surface area contributed by atoms with Crippen molar-refractivity contribution in [2.24, 2.45) is 35.1 Å². The van der Waals surface area contributed by atoms with Crippen LogP contribution in [-0.2, 0) is 9.47 Å². The molecule has 5 aliphatic heterocycles. The number of piperidine rings is 4. The van der Waals surface area contributed by atoms with Crippen LogP contribution >= 0.6 is 0 Å². The van der Waals surface area contributed by atoms with Gasteiger partial charge < -0.3 is 90.8 Å². The Balaban J connectivity index is 0.000000149. The van der Waals surface area contributed by atoms with Gasteiger partial charge >= 0.3 is 30.2 Å². The van der Waals surface area contributed by atoms with E-state index in [4.69, 9.17) is 55.6 Å². The number of halogens is 3. The van der Waals surface area contributed by atoms with Crippen molar-refractivity contribution in [1.82, 2.24) is 90.9 Å². The van der Waals surface area contributed by atoms with Crippen molar-refractivity contribution >= 4 is 75.4 Å². The number of anilines is 5. The number of ketones is 1. The van der Waals surface area contributed by atoms with Crippen LogP contribution in [-0.4, -0.2) is 267 Å². The Morgan fingerprint density at radius 2 is 1.10 bits per heavy atom. The van der Waals surface area contributed by atoms with E-state index in [-0.39, 0.29) is 108 Å². The number of methoxy groups -OCH3 is 1. The molecule has 8 fully saturated rings. The Hall–Kier alpha value is -13.4. The number of nitriles is 1. The first-order valence-electron chi connectivity index (χ1n) is 48.4. The highest BCUT2D eigenvalue weighted by molar-refractivity contribution is 5.96. The monoisotopic (exact) mass is 1930 g/mol. The number of likely N-dealkylation sites (N-methyl/N-ethyl adjacent to an activating group) is 1. The molecule has 0 spiro atoms. The molecule has 5 saturated heterocycles. The highest BCUT2D eigenvalue weighted by Gasteiger charge is 2.39. The number of nitrogen functional groups attached to an aromatic ring is 1. The van der Waals surface area contributed by atoms with Gasteiger partial charge in [0, 0.05) is 180 Å². The molecule has 39 nitrogen and oxygen atoms in total. The van der Waals surface area contributed by atoms with Gasteiger partial charge in [-0.05, 0) is 211 Å². The van der Waals surface area contributed by atoms with Crippen LogP contribution in [0.5, 0.6) is 29.8 Å². The number of H-pyrrole nitrogens is 1. The summed E-state index contributed by atoms with van der Waals surface area (Å²) < 4.78 is 77.7. The van der Waals surface area contributed by atoms with Crippen LogP contribution in [0, 0.1) is 48.9 Å². The highest BCUT2D eigenvalue weighted by Crippen LogP contribution is 2.40. The molecule has 0 radical (unpaired) electrons. The lowest BCUT2D eigenvalue weighted by molar-refractivity contribution is -0.133. The van der Waals surface area contributed by atoms with Crippen molar-refractivity contribution in [2.45, 2.75) is 198 Å². The molecule has 3 aliphatic carbocycles. The molecule has 0 aromatic carbocycles. The molecular formula is C98H127F3N26O13. The molecule has 0 bridgehead atoms. The second kappa shape index (κ2) is 48.4. The van der Waals surface area contributed by atoms with E-state index < -0.39 is 36.6 Å². The predicted molar refractivity (Wildman–Crippen MR) is 514 cm³/mol. The van der Waals surface area contributed by atoms with Gasteiger partial charge in [0.05, 0.1) is 50.9 Å². The molecule has 8 aliphatic rings. The summed E-state index contributed by atoms with van der Waals surface area (Å²) in [5.74, 6) is 2.57. The zero-order valence-corrected chi connectivity index (χ0v) is 80.6. The van der Waals surface area contributed by atoms with E-state index in [0.717, 1.165) is 188 Å². The lowest BCUT2D eigenvalue weighted by Crippen LogP contribution is -2.40. The summed E-state index contributed by atoms with van der Waals surface area (Å²) in [6.45, 7) is 19.2. The van der Waals surface area contributed by atoms with E-state index in [1.807, 2.05) is 88.8 Å². The zero-order chi connectivity index (χ0) is 99.1. The average Bonchev–Trinajstić information content (AvgIpc) is 1.73. The van der Waals surface area contributed by atoms with E-state index in [0.29, 0.717) is 128 Å². The molecule has 9 aromatic rings. The molecule has 42 heteroatoms. The molecule has 140 heavy (non-hydrogen) atoms. The number of carbonyl (C=O) groups excluding carboxylic acids is 6. The fourth-order valence-corrected chi connectivity index (χ4v) is 17.5. The molecule has 14 heterocycles. The number of amides is 5. The fraction of sp³-hybridized carbons (Fsp3) is 0.551. The summed E-state index contributed by atoms with van der Waals surface area (Å²) in [7, 11) is 5.55. The molecule has 10 N–H and O–H groups in total. The average molecular weight is 1930 g/mol. The minimum Gasteiger partial charge on any atom is -0.489 e. The minimum absolute atomic E-state index is 0.0233. The summed E-state index contributed by atoms with van der Waals surface area (Å²) in [5, 5.41) is 26.5. The number of nitrogens with one attached hydrogen (secondary N) is 4. The van der Waals surface area contributed by atoms with E-state index in [9.17, 15) is 41.9 Å². The Bertz CT molecular complexity index is 5770. The van der Waals surface area contributed by atoms with Gasteiger partial charge in [-0.25, -0.2) is 19.9 Å². The van der Waals surface area contributed by atoms with Crippen LogP contribution in [0.15, 0.2) is 85.2 Å². The third kappa shape index (κ3) is 29.1. The molecule has 748 valence electrons. The number of pyridine rings is 4. The Morgan fingerprint density at radius 3 is 1.61 bits per heavy atom. The maximum atomic E-state index is 13.0. The topological polar surface area (TPSA) is 505 Å². The zero-order valence-electron chi connectivity index (χ0n) is 80.6. The lowest BCUT2D eigenvalue weighted by Gasteiger charge is -2.33. The highest BCUT2D eigenvalue weighted by atomic mass is 19.4. The Morgan fingerprint density at radius 1 is 0.593 bits per heavy atom. The van der Waals surface area contributed by atoms with E-state index >= 15 is 0 Å². The SMILES string of the molecule is CCNC(=O)c1cc(N2CCC(c3[nH]nc4ncccc34)CC2)nc(OCC2CCCO2)n1.COC[C@@H](C)Oc1nc(C(=O)NC2CCC2)cc(N2CCC(c3ccc(C)c(C(N)=O)n3)CC2)n1.Cc1ccc(C2CCN(c3cc(C(=O)NC(C)CN(C)C)nc(OCC4CC4)n3)CC2)nc1C(N)=O.N#C[C@@H]1C[C@@H]1COc1nc(C(=O)CCC(F)(F)F)cc(N2CCC(COc3cccnc3N)CC2)n1. The number of rotatable bonds is 36. The number of nitrogens with two attached hydrogens (primary N) is 3. The standard InChI is InChI=1S/C26H37N7O3.C25H34N6O4.C24H27F3N6O3.C23H29N7O3/c1-16-5-8-20(29-23(16)24(27)34)19-9-11-33(12-10-19)22-13-21(25(35)28-17(2)14-32(3)4)30-26(31-22)36-15-18-6-7-18;1-15-7-8-19(28-22(15)23(26)32)17-9-11-31(12-10-17)21-13-20(24(33)27-18-5-4-6-18)29-25(30-21)35-16(2)14-34-3;25-24(26,27)6-3-19(34)18-11-21(32-23(31-18)36-14-17-10-16(17)12-28)33-8-4-15(5-9-33)13-35-20-2-1-7-30-22(20)29;1-2-24-22(31)18-13-19(27-23(26-18)33-14-16-5-4-12-32-16)30-10-7-15(8-11-30)20-17-6-3-9-25-21(17)29-28-20/h5,8,13,17-19H,6-7,9-12,14-15H2,1-4H3,(H2,27,34)(H,28,35);7-8,13,16-18H,4-6,9-12,14H2,1-3H3,(H2,26,32)(H,27,33);1-2,7,11,15-17H,3-6,8-10,13-14H2,(H2,29,30);3,6,9,13,15-16H,2,4-5,7-8,10-12,14H2,1H3,(H,24,31)(H,25,28,29)/t;16-;16-,17+;/m.10./s1. The van der Waals surface area contributed by atoms with Crippen LogP contribution < -0.4 is 76.4 Å². The number of alkyl halides is 3. The maximum absolute atomic E-state index is 13.0. The molecular weight excluding hydrogens is 1810 g/mol. The largest absolute Gasteiger partial charge is 0.489 e. The molecule has 9 aromatic heterocycles. The number of primary amides is 2. The number of hydrogen-bond donors (Lipinski definition) is 7. The number of aryl methyl sites for hydroxylation is 2. The molecule has 17 rings (SSSR count). The Kier molecular flexibility index (Phi) is 35.4. The number of ether oxygens (including phenoxy) is 7. The summed E-state index contributed by atoms with van der Waals surface area (Å²) >= 11 is 0. The first-order valence-corrected chi connectivity index (χ1v) is 48.4. The van der Waals surface area contributed by atoms with Crippen LogP contribution in [0.25, 0.3) is 11.0 Å². The first-order chi connectivity index (χ1) is 67.4. The van der Waals surface area contributed by atoms with Crippen molar-refractivity contribution in [3.8, 4) is 35.9 Å². The van der Waals surface area contributed by atoms with Gasteiger partial charge in [0.15, 0.2) is 23.0 Å². The van der Waals surface area contributed by atoms with Crippen LogP contribution in [0.2, 0.25) is 0 Å². The van der Waals surface area contributed by atoms with Crippen LogP contribution in [0.1, 0.15) is 245 Å². The van der Waals surface area contributed by atoms with E-state index in [1.54, 1.807) is 49.8 Å². The van der Waals surface area contributed by atoms with Gasteiger partial charge in [-0.2, -0.15) is 63.4 Å². The molecule has 3 saturated carbocycles. The van der Waals surface area contributed by atoms with Crippen LogP contribution in [0.4, 0.5) is 42.3 Å². The third-order valence-electron chi connectivity index (χ3n) is 25.9. The lowest BCUT2D eigenvalue weighted by atomic mass is 9.92. The second-order valence-corrected chi connectivity index (χ2v) is 37.3. The summed E-state index contributed by atoms with van der Waals surface area (Å²) in [6.07, 6.45) is 11.8. The minimum atomic E-state index is -4.44. The molecule has 5 atom stereocenters. The summed E-state index contributed by atoms with van der Waals surface area (Å²) in [6, 6.07) is 24.9. The number of hydrogen-bond acceptors (Lipinski definition) is 33. The maximum Gasteiger partial charge on any atom is 0.389 e. The van der Waals surface area contributed by atoms with Crippen molar-refractivity contribution in [1.29, 1.82) is 5.26 Å². The number of nitrogens with zero attached hydrogens (tertiary/aromatic N) is 19. The smallest absolute Gasteiger partial charge is 0.389 e. The van der Waals surface area contributed by atoms with Gasteiger partial charge in [0.25, 0.3) is 29.5 Å². The van der Waals surface area contributed by atoms with Gasteiger partial charge in [-0.1, -0.05) is 12.1 Å². The number of carbonyl (C=O) groups is 6. The molecule has 2 unspecified atom stereocenters. The number of fused-ring (bicyclic) bond motifs is 1. The van der Waals surface area contributed by atoms with Crippen molar-refractivity contribution in [2.75, 3.05) is 152 Å². The summed E-state index contributed by atoms with van der Waals surface area (Å²) in [4.78, 5) is 138. The number of aromatic amines is 1. The summed E-state index contributed by atoms with van der Waals surface area (Å²) in [5.41, 5.74) is 23.5. The fourth-order valence-electron chi connectivity index (χ4n) is 17.5. The van der Waals surface area contributed by atoms with Gasteiger partial charge in [0.1, 0.15) is 70.1 Å². The predicted octanol–water partition coefficient (Wildman–Crippen LogP) is 10.7. The Labute approximate surface area is 811 Å². The van der Waals surface area contributed by atoms with E-state index in [1.165, 1.54) is 6.07 Å². The molecule has 5 amide bonds. The van der Waals surface area contributed by atoms with Crippen LogP contribution in [0.3, 0.4) is 0 Å². The number of Topliss-reactive ketones (excluding diaryl/α,β-unsaturated/α-hetero) is 1. The van der Waals surface area contributed by atoms with Crippen molar-refractivity contribution in [3.63, 3.8) is 0 Å². The quantitative estimate of drug-likeness (QED) is 0.0179. The third-order valence-corrected chi connectivity index (χ3v) is 25.9. The van der Waals surface area contributed by atoms with E-state index in [2.05, 4.69) is 113 Å². The first kappa shape index (κ1) is 102. The van der Waals surface area contributed by atoms with Gasteiger partial charge in [-0.15, -0.1) is 0 Å². The normalized spacial score (nSPS) is 18.5. The van der Waals surface area contributed by atoms with Crippen molar-refractivity contribution < 1.29 is 75.1 Å². The number of aromatic nitrogens is 14. The second-order valence-electron chi connectivity index (χ2n) is 37.3. The van der Waals surface area contributed by atoms with Gasteiger partial charge in [0.2, 0.25) is 0 Å².